The first-order chi connectivity index (χ1) is 11.0. The number of carbonyl (C=O) groups excluding carboxylic acids is 1. The van der Waals surface area contributed by atoms with Crippen LogP contribution < -0.4 is 8.85 Å². The maximum atomic E-state index is 11.7. The van der Waals surface area contributed by atoms with Crippen LogP contribution in [0.2, 0.25) is 6.55 Å². The quantitative estimate of drug-likeness (QED) is 0.440. The fourth-order valence-corrected chi connectivity index (χ4v) is 3.70. The number of hydrogen-bond acceptors (Lipinski definition) is 4. The van der Waals surface area contributed by atoms with Crippen LogP contribution in [0, 0.1) is 0 Å². The Hall–Kier alpha value is -2.53. The highest BCUT2D eigenvalue weighted by atomic mass is 28.4. The fraction of sp³-hybridized carbons (Fsp3) is 0.167. The van der Waals surface area contributed by atoms with E-state index in [0.717, 1.165) is 0 Å². The maximum absolute atomic E-state index is 11.7. The molecular formula is C18H20O4Si. The Morgan fingerprint density at radius 1 is 0.957 bits per heavy atom. The Balaban J connectivity index is 2.15. The minimum absolute atomic E-state index is 0.0719. The van der Waals surface area contributed by atoms with Gasteiger partial charge in [-0.15, -0.1) is 0 Å². The first kappa shape index (κ1) is 16.8. The van der Waals surface area contributed by atoms with Gasteiger partial charge < -0.3 is 13.6 Å². The second-order valence-electron chi connectivity index (χ2n) is 5.32. The Morgan fingerprint density at radius 2 is 1.39 bits per heavy atom. The summed E-state index contributed by atoms with van der Waals surface area (Å²) in [6.45, 7) is 7.05. The number of ether oxygens (including phenoxy) is 1. The molecule has 0 radical (unpaired) electrons. The third-order valence-electron chi connectivity index (χ3n) is 2.97. The molecule has 0 saturated heterocycles. The molecule has 0 bridgehead atoms. The molecule has 0 saturated carbocycles. The summed E-state index contributed by atoms with van der Waals surface area (Å²) < 4.78 is 17.4. The van der Waals surface area contributed by atoms with Gasteiger partial charge >= 0.3 is 14.5 Å². The highest BCUT2D eigenvalue weighted by Crippen LogP contribution is 2.20. The Kier molecular flexibility index (Phi) is 5.59. The lowest BCUT2D eigenvalue weighted by Gasteiger charge is -2.27. The molecule has 0 aliphatic heterocycles. The number of esters is 1. The van der Waals surface area contributed by atoms with Gasteiger partial charge in [0.25, 0.3) is 0 Å². The van der Waals surface area contributed by atoms with E-state index in [0.29, 0.717) is 17.1 Å². The zero-order valence-electron chi connectivity index (χ0n) is 13.3. The van der Waals surface area contributed by atoms with E-state index in [4.69, 9.17) is 13.6 Å². The molecule has 0 amide bonds. The predicted octanol–water partition coefficient (Wildman–Crippen LogP) is 3.87. The molecule has 0 fully saturated rings. The molecule has 0 atom stereocenters. The number of benzene rings is 2. The molecule has 2 aromatic rings. The van der Waals surface area contributed by atoms with Crippen LogP contribution in [0.3, 0.4) is 0 Å². The van der Waals surface area contributed by atoms with Crippen LogP contribution in [-0.4, -0.2) is 20.8 Å². The van der Waals surface area contributed by atoms with E-state index in [9.17, 15) is 4.79 Å². The molecule has 120 valence electrons. The smallest absolute Gasteiger partial charge is 0.496 e. The highest BCUT2D eigenvalue weighted by molar-refractivity contribution is 6.67. The first-order valence-electron chi connectivity index (χ1n) is 7.29. The summed E-state index contributed by atoms with van der Waals surface area (Å²) in [6, 6.07) is 18.7. The van der Waals surface area contributed by atoms with E-state index in [1.54, 1.807) is 6.92 Å². The van der Waals surface area contributed by atoms with Crippen molar-refractivity contribution in [2.24, 2.45) is 0 Å². The van der Waals surface area contributed by atoms with Gasteiger partial charge in [-0.1, -0.05) is 43.0 Å². The van der Waals surface area contributed by atoms with Gasteiger partial charge in [-0.2, -0.15) is 0 Å². The number of para-hydroxylation sites is 2. The van der Waals surface area contributed by atoms with Gasteiger partial charge in [0.05, 0.1) is 0 Å². The van der Waals surface area contributed by atoms with Crippen LogP contribution in [0.25, 0.3) is 0 Å². The monoisotopic (exact) mass is 328 g/mol. The van der Waals surface area contributed by atoms with Crippen LogP contribution in [0.1, 0.15) is 6.92 Å². The fourth-order valence-electron chi connectivity index (χ4n) is 1.88. The molecule has 0 N–H and O–H groups in total. The normalized spacial score (nSPS) is 10.7. The molecule has 0 aliphatic carbocycles. The van der Waals surface area contributed by atoms with E-state index in [1.165, 1.54) is 0 Å². The van der Waals surface area contributed by atoms with Crippen LogP contribution >= 0.6 is 0 Å². The second-order valence-corrected chi connectivity index (χ2v) is 8.29. The summed E-state index contributed by atoms with van der Waals surface area (Å²) in [7, 11) is -2.82. The molecule has 23 heavy (non-hydrogen) atoms. The van der Waals surface area contributed by atoms with Crippen molar-refractivity contribution in [1.29, 1.82) is 0 Å². The lowest BCUT2D eigenvalue weighted by Crippen LogP contribution is -2.51. The third-order valence-corrected chi connectivity index (χ3v) is 4.97. The molecular weight excluding hydrogens is 308 g/mol. The average Bonchev–Trinajstić information content (AvgIpc) is 2.54. The molecule has 5 heteroatoms. The van der Waals surface area contributed by atoms with Crippen molar-refractivity contribution >= 4 is 14.5 Å². The second kappa shape index (κ2) is 7.65. The number of carbonyl (C=O) groups is 1. The highest BCUT2D eigenvalue weighted by Gasteiger charge is 2.38. The van der Waals surface area contributed by atoms with E-state index < -0.39 is 14.5 Å². The molecule has 0 heterocycles. The summed E-state index contributed by atoms with van der Waals surface area (Å²) in [5.41, 5.74) is 0.348. The van der Waals surface area contributed by atoms with Crippen LogP contribution in [0.15, 0.2) is 72.8 Å². The maximum Gasteiger partial charge on any atom is 0.496 e. The lowest BCUT2D eigenvalue weighted by atomic mass is 10.3. The van der Waals surface area contributed by atoms with Crippen molar-refractivity contribution in [3.8, 4) is 11.5 Å². The van der Waals surface area contributed by atoms with Crippen LogP contribution in [0.5, 0.6) is 11.5 Å². The van der Waals surface area contributed by atoms with Gasteiger partial charge in [-0.3, -0.25) is 0 Å². The van der Waals surface area contributed by atoms with Crippen molar-refractivity contribution in [2.75, 3.05) is 6.23 Å². The molecule has 4 nitrogen and oxygen atoms in total. The third kappa shape index (κ3) is 5.30. The Labute approximate surface area is 137 Å². The summed E-state index contributed by atoms with van der Waals surface area (Å²) in [5, 5.41) is 0. The van der Waals surface area contributed by atoms with E-state index in [-0.39, 0.29) is 6.23 Å². The minimum Gasteiger partial charge on any atom is -0.510 e. The SMILES string of the molecule is C=C(C)C(=O)OC[Si](C)(Oc1ccccc1)Oc1ccccc1. The van der Waals surface area contributed by atoms with Gasteiger partial charge in [0, 0.05) is 12.1 Å². The number of hydrogen-bond donors (Lipinski definition) is 0. The molecule has 2 rings (SSSR count). The molecule has 0 aliphatic rings. The van der Waals surface area contributed by atoms with Crippen molar-refractivity contribution in [2.45, 2.75) is 13.5 Å². The molecule has 2 aromatic carbocycles. The van der Waals surface area contributed by atoms with Gasteiger partial charge in [0.15, 0.2) is 6.23 Å². The minimum atomic E-state index is -2.82. The summed E-state index contributed by atoms with van der Waals surface area (Å²) in [4.78, 5) is 11.7. The van der Waals surface area contributed by atoms with Gasteiger partial charge in [-0.05, 0) is 31.2 Å². The van der Waals surface area contributed by atoms with Crippen molar-refractivity contribution in [3.05, 3.63) is 72.8 Å². The topological polar surface area (TPSA) is 44.8 Å². The zero-order chi connectivity index (χ0) is 16.7. The summed E-state index contributed by atoms with van der Waals surface area (Å²) >= 11 is 0. The Bertz CT molecular complexity index is 614. The van der Waals surface area contributed by atoms with Gasteiger partial charge in [0.2, 0.25) is 0 Å². The predicted molar refractivity (Wildman–Crippen MR) is 91.5 cm³/mol. The number of rotatable bonds is 7. The van der Waals surface area contributed by atoms with Gasteiger partial charge in [0.1, 0.15) is 11.5 Å². The molecule has 0 spiro atoms. The molecule has 0 aromatic heterocycles. The van der Waals surface area contributed by atoms with E-state index in [2.05, 4.69) is 6.58 Å². The average molecular weight is 328 g/mol. The standard InChI is InChI=1S/C18H20O4Si/c1-15(2)18(19)20-14-23(3,21-16-10-6-4-7-11-16)22-17-12-8-5-9-13-17/h4-13H,1,14H2,2-3H3. The van der Waals surface area contributed by atoms with E-state index >= 15 is 0 Å². The summed E-state index contributed by atoms with van der Waals surface area (Å²) in [5.74, 6) is 0.921. The van der Waals surface area contributed by atoms with Crippen LogP contribution in [0.4, 0.5) is 0 Å². The Morgan fingerprint density at radius 3 is 1.78 bits per heavy atom. The lowest BCUT2D eigenvalue weighted by molar-refractivity contribution is -0.137. The van der Waals surface area contributed by atoms with Crippen molar-refractivity contribution < 1.29 is 18.4 Å². The first-order valence-corrected chi connectivity index (χ1v) is 9.82. The summed E-state index contributed by atoms with van der Waals surface area (Å²) in [6.07, 6.45) is 0.0719. The van der Waals surface area contributed by atoms with Crippen molar-refractivity contribution in [3.63, 3.8) is 0 Å². The molecule has 0 unspecified atom stereocenters. The van der Waals surface area contributed by atoms with E-state index in [1.807, 2.05) is 67.2 Å². The zero-order valence-corrected chi connectivity index (χ0v) is 14.3. The van der Waals surface area contributed by atoms with Gasteiger partial charge in [-0.25, -0.2) is 4.79 Å². The van der Waals surface area contributed by atoms with Crippen LogP contribution in [-0.2, 0) is 9.53 Å². The largest absolute Gasteiger partial charge is 0.510 e. The van der Waals surface area contributed by atoms with Crippen molar-refractivity contribution in [1.82, 2.24) is 0 Å².